The minimum atomic E-state index is -0.706. The number of rotatable bonds is 2. The van der Waals surface area contributed by atoms with Gasteiger partial charge in [-0.15, -0.1) is 0 Å². The fourth-order valence-electron chi connectivity index (χ4n) is 2.48. The predicted octanol–water partition coefficient (Wildman–Crippen LogP) is 3.10. The highest BCUT2D eigenvalue weighted by molar-refractivity contribution is 5.44. The number of hydrogen-bond donors (Lipinski definition) is 2. The number of phenols is 1. The van der Waals surface area contributed by atoms with Gasteiger partial charge in [0.15, 0.2) is 11.6 Å². The Bertz CT molecular complexity index is 671. The van der Waals surface area contributed by atoms with Gasteiger partial charge < -0.3 is 19.7 Å². The first kappa shape index (κ1) is 13.7. The molecular weight excluding hydrogens is 275 g/mol. The molecule has 0 spiro atoms. The molecule has 0 fully saturated rings. The fraction of sp³-hybridized carbons (Fsp3) is 0.250. The molecule has 0 amide bonds. The summed E-state index contributed by atoms with van der Waals surface area (Å²) in [6.45, 7) is 0. The number of benzene rings is 2. The molecule has 1 aliphatic heterocycles. The molecule has 1 aliphatic rings. The van der Waals surface area contributed by atoms with E-state index in [1.165, 1.54) is 12.1 Å². The lowest BCUT2D eigenvalue weighted by atomic mass is 9.95. The van der Waals surface area contributed by atoms with Crippen molar-refractivity contribution in [2.75, 3.05) is 7.11 Å². The third-order valence-corrected chi connectivity index (χ3v) is 3.63. The number of ether oxygens (including phenoxy) is 2. The van der Waals surface area contributed by atoms with Gasteiger partial charge in [0.05, 0.1) is 13.2 Å². The van der Waals surface area contributed by atoms with Gasteiger partial charge in [-0.05, 0) is 29.8 Å². The number of hydrogen-bond acceptors (Lipinski definition) is 4. The van der Waals surface area contributed by atoms with Crippen LogP contribution in [0.25, 0.3) is 0 Å². The molecule has 2 atom stereocenters. The Labute approximate surface area is 121 Å². The van der Waals surface area contributed by atoms with Crippen LogP contribution in [0.15, 0.2) is 36.4 Å². The average Bonchev–Trinajstić information content (AvgIpc) is 2.49. The first-order valence-electron chi connectivity index (χ1n) is 6.59. The summed E-state index contributed by atoms with van der Waals surface area (Å²) in [5.41, 5.74) is 1.25. The van der Waals surface area contributed by atoms with E-state index in [0.29, 0.717) is 29.0 Å². The van der Waals surface area contributed by atoms with Crippen molar-refractivity contribution in [3.63, 3.8) is 0 Å². The van der Waals surface area contributed by atoms with Gasteiger partial charge in [0, 0.05) is 18.1 Å². The smallest absolute Gasteiger partial charge is 0.165 e. The normalized spacial score (nSPS) is 20.5. The monoisotopic (exact) mass is 290 g/mol. The first-order valence-corrected chi connectivity index (χ1v) is 6.59. The third-order valence-electron chi connectivity index (χ3n) is 3.63. The molecule has 2 aromatic rings. The van der Waals surface area contributed by atoms with Gasteiger partial charge in [0.1, 0.15) is 17.6 Å². The van der Waals surface area contributed by atoms with Gasteiger partial charge in [0.2, 0.25) is 0 Å². The number of phenolic OH excluding ortho intramolecular Hbond substituents is 1. The van der Waals surface area contributed by atoms with Crippen molar-refractivity contribution < 1.29 is 24.1 Å². The van der Waals surface area contributed by atoms with Crippen molar-refractivity contribution in [2.45, 2.75) is 18.6 Å². The average molecular weight is 290 g/mol. The standard InChI is InChI=1S/C16H15FO4/c1-20-10-3-4-11-14(19)8-15(21-16(11)7-10)9-2-5-13(18)12(17)6-9/h2-7,14-15,18-19H,8H2,1H3/t14-,15?/m1/s1. The van der Waals surface area contributed by atoms with E-state index in [2.05, 4.69) is 0 Å². The number of aliphatic hydroxyl groups excluding tert-OH is 1. The van der Waals surface area contributed by atoms with Crippen molar-refractivity contribution in [1.82, 2.24) is 0 Å². The number of aliphatic hydroxyl groups is 1. The van der Waals surface area contributed by atoms with Crippen LogP contribution in [0.1, 0.15) is 29.8 Å². The Balaban J connectivity index is 1.94. The zero-order valence-corrected chi connectivity index (χ0v) is 11.4. The molecule has 0 saturated carbocycles. The van der Waals surface area contributed by atoms with Crippen LogP contribution < -0.4 is 9.47 Å². The summed E-state index contributed by atoms with van der Waals surface area (Å²) in [5.74, 6) is 0.0317. The maximum absolute atomic E-state index is 13.5. The van der Waals surface area contributed by atoms with E-state index in [9.17, 15) is 14.6 Å². The molecule has 0 aliphatic carbocycles. The summed E-state index contributed by atoms with van der Waals surface area (Å²) < 4.78 is 24.4. The van der Waals surface area contributed by atoms with Gasteiger partial charge in [0.25, 0.3) is 0 Å². The molecule has 4 nitrogen and oxygen atoms in total. The highest BCUT2D eigenvalue weighted by Crippen LogP contribution is 2.42. The topological polar surface area (TPSA) is 58.9 Å². The van der Waals surface area contributed by atoms with Crippen LogP contribution >= 0.6 is 0 Å². The van der Waals surface area contributed by atoms with E-state index in [-0.39, 0.29) is 0 Å². The second-order valence-electron chi connectivity index (χ2n) is 4.97. The van der Waals surface area contributed by atoms with Crippen molar-refractivity contribution >= 4 is 0 Å². The SMILES string of the molecule is COc1ccc2c(c1)OC(c1ccc(O)c(F)c1)C[C@H]2O. The van der Waals surface area contributed by atoms with Crippen LogP contribution in [0.3, 0.4) is 0 Å². The van der Waals surface area contributed by atoms with Crippen LogP contribution in [-0.4, -0.2) is 17.3 Å². The minimum Gasteiger partial charge on any atom is -0.505 e. The van der Waals surface area contributed by atoms with Crippen molar-refractivity contribution in [3.05, 3.63) is 53.3 Å². The number of fused-ring (bicyclic) bond motifs is 1. The summed E-state index contributed by atoms with van der Waals surface area (Å²) in [5, 5.41) is 19.5. The van der Waals surface area contributed by atoms with Gasteiger partial charge in [-0.3, -0.25) is 0 Å². The Morgan fingerprint density at radius 3 is 2.76 bits per heavy atom. The Hall–Kier alpha value is -2.27. The molecule has 5 heteroatoms. The van der Waals surface area contributed by atoms with Crippen LogP contribution in [-0.2, 0) is 0 Å². The maximum atomic E-state index is 13.5. The molecule has 2 aromatic carbocycles. The van der Waals surface area contributed by atoms with Crippen molar-refractivity contribution in [3.8, 4) is 17.2 Å². The number of methoxy groups -OCH3 is 1. The molecule has 0 saturated heterocycles. The second-order valence-corrected chi connectivity index (χ2v) is 4.97. The molecule has 2 N–H and O–H groups in total. The van der Waals surface area contributed by atoms with Crippen molar-refractivity contribution in [2.24, 2.45) is 0 Å². The summed E-state index contributed by atoms with van der Waals surface area (Å²) >= 11 is 0. The second kappa shape index (κ2) is 5.26. The Kier molecular flexibility index (Phi) is 3.43. The van der Waals surface area contributed by atoms with Gasteiger partial charge in [-0.2, -0.15) is 0 Å². The zero-order chi connectivity index (χ0) is 15.0. The van der Waals surface area contributed by atoms with E-state index in [1.54, 1.807) is 31.4 Å². The van der Waals surface area contributed by atoms with Crippen LogP contribution in [0.5, 0.6) is 17.2 Å². The lowest BCUT2D eigenvalue weighted by Gasteiger charge is -2.30. The van der Waals surface area contributed by atoms with E-state index in [4.69, 9.17) is 9.47 Å². The van der Waals surface area contributed by atoms with Crippen LogP contribution in [0.2, 0.25) is 0 Å². The highest BCUT2D eigenvalue weighted by atomic mass is 19.1. The molecule has 1 unspecified atom stereocenters. The molecule has 0 aromatic heterocycles. The quantitative estimate of drug-likeness (QED) is 0.892. The Morgan fingerprint density at radius 2 is 2.05 bits per heavy atom. The molecule has 0 radical (unpaired) electrons. The zero-order valence-electron chi connectivity index (χ0n) is 11.4. The third kappa shape index (κ3) is 2.52. The van der Waals surface area contributed by atoms with Gasteiger partial charge >= 0.3 is 0 Å². The van der Waals surface area contributed by atoms with Gasteiger partial charge in [-0.25, -0.2) is 4.39 Å². The maximum Gasteiger partial charge on any atom is 0.165 e. The van der Waals surface area contributed by atoms with Crippen molar-refractivity contribution in [1.29, 1.82) is 0 Å². The summed E-state index contributed by atoms with van der Waals surface area (Å²) in [6, 6.07) is 9.29. The summed E-state index contributed by atoms with van der Waals surface area (Å²) in [7, 11) is 1.55. The van der Waals surface area contributed by atoms with Crippen LogP contribution in [0, 0.1) is 5.82 Å². The lowest BCUT2D eigenvalue weighted by molar-refractivity contribution is 0.0653. The molecule has 0 bridgehead atoms. The predicted molar refractivity (Wildman–Crippen MR) is 74.0 cm³/mol. The molecule has 110 valence electrons. The number of halogens is 1. The van der Waals surface area contributed by atoms with E-state index < -0.39 is 23.8 Å². The molecular formula is C16H15FO4. The molecule has 3 rings (SSSR count). The minimum absolute atomic E-state index is 0.323. The van der Waals surface area contributed by atoms with E-state index in [1.807, 2.05) is 0 Å². The Morgan fingerprint density at radius 1 is 1.24 bits per heavy atom. The summed E-state index contributed by atoms with van der Waals surface area (Å²) in [4.78, 5) is 0. The largest absolute Gasteiger partial charge is 0.505 e. The fourth-order valence-corrected chi connectivity index (χ4v) is 2.48. The van der Waals surface area contributed by atoms with Crippen LogP contribution in [0.4, 0.5) is 4.39 Å². The van der Waals surface area contributed by atoms with Gasteiger partial charge in [-0.1, -0.05) is 6.07 Å². The van der Waals surface area contributed by atoms with E-state index >= 15 is 0 Å². The molecule has 21 heavy (non-hydrogen) atoms. The molecule has 1 heterocycles. The summed E-state index contributed by atoms with van der Waals surface area (Å²) in [6.07, 6.45) is -0.847. The lowest BCUT2D eigenvalue weighted by Crippen LogP contribution is -2.19. The number of aromatic hydroxyl groups is 1. The van der Waals surface area contributed by atoms with E-state index in [0.717, 1.165) is 0 Å². The highest BCUT2D eigenvalue weighted by Gasteiger charge is 2.28. The first-order chi connectivity index (χ1) is 10.1.